The lowest BCUT2D eigenvalue weighted by Gasteiger charge is -2.21. The fourth-order valence-electron chi connectivity index (χ4n) is 1.70. The van der Waals surface area contributed by atoms with E-state index in [0.717, 1.165) is 26.2 Å². The van der Waals surface area contributed by atoms with Gasteiger partial charge in [-0.15, -0.1) is 0 Å². The molecule has 2 unspecified atom stereocenters. The summed E-state index contributed by atoms with van der Waals surface area (Å²) >= 11 is 0. The Bertz CT molecular complexity index is 130. The standard InChI is InChI=1S/C9H20N2O/c1-3-11-5-8(2)4-10-9(6-11)7-12/h8-10,12H,3-7H2,1-2H3. The number of hydrogen-bond acceptors (Lipinski definition) is 3. The van der Waals surface area contributed by atoms with Gasteiger partial charge >= 0.3 is 0 Å². The van der Waals surface area contributed by atoms with Crippen LogP contribution >= 0.6 is 0 Å². The first-order valence-electron chi connectivity index (χ1n) is 4.82. The molecule has 0 spiro atoms. The van der Waals surface area contributed by atoms with Crippen molar-refractivity contribution in [3.63, 3.8) is 0 Å². The van der Waals surface area contributed by atoms with E-state index in [1.54, 1.807) is 0 Å². The average Bonchev–Trinajstić information content (AvgIpc) is 2.26. The lowest BCUT2D eigenvalue weighted by molar-refractivity contribution is 0.202. The minimum Gasteiger partial charge on any atom is -0.395 e. The van der Waals surface area contributed by atoms with Crippen molar-refractivity contribution in [3.05, 3.63) is 0 Å². The molecule has 0 aromatic carbocycles. The second-order valence-corrected chi connectivity index (χ2v) is 3.75. The van der Waals surface area contributed by atoms with Crippen molar-refractivity contribution in [1.82, 2.24) is 10.2 Å². The van der Waals surface area contributed by atoms with Gasteiger partial charge in [-0.2, -0.15) is 0 Å². The van der Waals surface area contributed by atoms with Gasteiger partial charge in [-0.1, -0.05) is 13.8 Å². The number of nitrogens with one attached hydrogen (secondary N) is 1. The molecule has 72 valence electrons. The minimum atomic E-state index is 0.253. The summed E-state index contributed by atoms with van der Waals surface area (Å²) in [6.45, 7) is 8.92. The Morgan fingerprint density at radius 3 is 2.83 bits per heavy atom. The van der Waals surface area contributed by atoms with E-state index in [0.29, 0.717) is 5.92 Å². The first-order chi connectivity index (χ1) is 5.76. The Morgan fingerprint density at radius 2 is 2.25 bits per heavy atom. The predicted molar refractivity (Wildman–Crippen MR) is 50.2 cm³/mol. The van der Waals surface area contributed by atoms with Gasteiger partial charge in [0.15, 0.2) is 0 Å². The largest absolute Gasteiger partial charge is 0.395 e. The van der Waals surface area contributed by atoms with Crippen molar-refractivity contribution < 1.29 is 5.11 Å². The number of likely N-dealkylation sites (N-methyl/N-ethyl adjacent to an activating group) is 1. The summed E-state index contributed by atoms with van der Waals surface area (Å²) in [6, 6.07) is 0.273. The predicted octanol–water partition coefficient (Wildman–Crippen LogP) is -0.0915. The number of hydrogen-bond donors (Lipinski definition) is 2. The van der Waals surface area contributed by atoms with Crippen molar-refractivity contribution in [2.45, 2.75) is 19.9 Å². The van der Waals surface area contributed by atoms with Gasteiger partial charge in [0.2, 0.25) is 0 Å². The number of aliphatic hydroxyl groups is 1. The van der Waals surface area contributed by atoms with Crippen LogP contribution in [0.1, 0.15) is 13.8 Å². The molecule has 2 N–H and O–H groups in total. The fraction of sp³-hybridized carbons (Fsp3) is 1.00. The topological polar surface area (TPSA) is 35.5 Å². The van der Waals surface area contributed by atoms with Crippen molar-refractivity contribution in [1.29, 1.82) is 0 Å². The Labute approximate surface area is 74.8 Å². The maximum atomic E-state index is 9.03. The third-order valence-electron chi connectivity index (χ3n) is 2.47. The summed E-state index contributed by atoms with van der Waals surface area (Å²) in [7, 11) is 0. The minimum absolute atomic E-state index is 0.253. The molecule has 1 rings (SSSR count). The van der Waals surface area contributed by atoms with Crippen molar-refractivity contribution in [2.24, 2.45) is 5.92 Å². The molecule has 1 aliphatic heterocycles. The molecule has 12 heavy (non-hydrogen) atoms. The van der Waals surface area contributed by atoms with Gasteiger partial charge in [0.05, 0.1) is 6.61 Å². The zero-order valence-corrected chi connectivity index (χ0v) is 8.08. The van der Waals surface area contributed by atoms with Crippen LogP contribution in [-0.4, -0.2) is 48.8 Å². The number of rotatable bonds is 2. The zero-order valence-electron chi connectivity index (χ0n) is 8.08. The third kappa shape index (κ3) is 2.73. The molecule has 3 heteroatoms. The third-order valence-corrected chi connectivity index (χ3v) is 2.47. The maximum absolute atomic E-state index is 9.03. The summed E-state index contributed by atoms with van der Waals surface area (Å²) in [5, 5.41) is 12.4. The van der Waals surface area contributed by atoms with Gasteiger partial charge in [-0.05, 0) is 19.0 Å². The summed E-state index contributed by atoms with van der Waals surface area (Å²) in [5.41, 5.74) is 0. The lowest BCUT2D eigenvalue weighted by Crippen LogP contribution is -2.40. The van der Waals surface area contributed by atoms with Gasteiger partial charge in [-0.25, -0.2) is 0 Å². The van der Waals surface area contributed by atoms with E-state index in [9.17, 15) is 0 Å². The van der Waals surface area contributed by atoms with E-state index in [1.807, 2.05) is 0 Å². The molecule has 2 atom stereocenters. The Hall–Kier alpha value is -0.120. The molecule has 0 radical (unpaired) electrons. The zero-order chi connectivity index (χ0) is 8.97. The summed E-state index contributed by atoms with van der Waals surface area (Å²) < 4.78 is 0. The van der Waals surface area contributed by atoms with Crippen molar-refractivity contribution >= 4 is 0 Å². The summed E-state index contributed by atoms with van der Waals surface area (Å²) in [5.74, 6) is 0.696. The highest BCUT2D eigenvalue weighted by molar-refractivity contribution is 4.77. The molecule has 0 aromatic heterocycles. The molecular formula is C9H20N2O. The normalized spacial score (nSPS) is 33.2. The molecule has 3 nitrogen and oxygen atoms in total. The number of nitrogens with zero attached hydrogens (tertiary/aromatic N) is 1. The van der Waals surface area contributed by atoms with Crippen molar-refractivity contribution in [2.75, 3.05) is 32.8 Å². The quantitative estimate of drug-likeness (QED) is 0.611. The second-order valence-electron chi connectivity index (χ2n) is 3.75. The first kappa shape index (κ1) is 9.96. The molecule has 0 saturated carbocycles. The fourth-order valence-corrected chi connectivity index (χ4v) is 1.70. The summed E-state index contributed by atoms with van der Waals surface area (Å²) in [4.78, 5) is 2.39. The number of aliphatic hydroxyl groups excluding tert-OH is 1. The van der Waals surface area contributed by atoms with E-state index in [4.69, 9.17) is 5.11 Å². The molecule has 1 saturated heterocycles. The molecule has 0 aliphatic carbocycles. The van der Waals surface area contributed by atoms with Gasteiger partial charge in [0, 0.05) is 19.1 Å². The molecule has 1 heterocycles. The second kappa shape index (κ2) is 4.80. The average molecular weight is 172 g/mol. The molecular weight excluding hydrogens is 152 g/mol. The van der Waals surface area contributed by atoms with Crippen LogP contribution in [0.25, 0.3) is 0 Å². The van der Waals surface area contributed by atoms with Crippen LogP contribution in [-0.2, 0) is 0 Å². The van der Waals surface area contributed by atoms with Gasteiger partial charge in [0.1, 0.15) is 0 Å². The van der Waals surface area contributed by atoms with Crippen LogP contribution in [0.3, 0.4) is 0 Å². The first-order valence-corrected chi connectivity index (χ1v) is 4.82. The van der Waals surface area contributed by atoms with E-state index < -0.39 is 0 Å². The monoisotopic (exact) mass is 172 g/mol. The molecule has 1 fully saturated rings. The van der Waals surface area contributed by atoms with E-state index in [-0.39, 0.29) is 12.6 Å². The van der Waals surface area contributed by atoms with Crippen LogP contribution in [0.4, 0.5) is 0 Å². The lowest BCUT2D eigenvalue weighted by atomic mass is 10.2. The van der Waals surface area contributed by atoms with Crippen molar-refractivity contribution in [3.8, 4) is 0 Å². The molecule has 0 amide bonds. The molecule has 1 aliphatic rings. The van der Waals surface area contributed by atoms with Gasteiger partial charge in [-0.3, -0.25) is 0 Å². The van der Waals surface area contributed by atoms with E-state index >= 15 is 0 Å². The van der Waals surface area contributed by atoms with Crippen LogP contribution in [0.5, 0.6) is 0 Å². The highest BCUT2D eigenvalue weighted by atomic mass is 16.3. The van der Waals surface area contributed by atoms with E-state index in [2.05, 4.69) is 24.1 Å². The Morgan fingerprint density at radius 1 is 1.50 bits per heavy atom. The molecule has 0 bridgehead atoms. The SMILES string of the molecule is CCN1CC(C)CNC(CO)C1. The van der Waals surface area contributed by atoms with Crippen LogP contribution in [0, 0.1) is 5.92 Å². The maximum Gasteiger partial charge on any atom is 0.0597 e. The Balaban J connectivity index is 2.43. The Kier molecular flexibility index (Phi) is 3.98. The molecule has 0 aromatic rings. The summed E-state index contributed by atoms with van der Waals surface area (Å²) in [6.07, 6.45) is 0. The highest BCUT2D eigenvalue weighted by Gasteiger charge is 2.19. The van der Waals surface area contributed by atoms with Gasteiger partial charge in [0.25, 0.3) is 0 Å². The smallest absolute Gasteiger partial charge is 0.0597 e. The van der Waals surface area contributed by atoms with E-state index in [1.165, 1.54) is 0 Å². The van der Waals surface area contributed by atoms with Crippen LogP contribution in [0.15, 0.2) is 0 Å². The van der Waals surface area contributed by atoms with Crippen LogP contribution < -0.4 is 5.32 Å². The highest BCUT2D eigenvalue weighted by Crippen LogP contribution is 2.04. The van der Waals surface area contributed by atoms with Crippen LogP contribution in [0.2, 0.25) is 0 Å². The van der Waals surface area contributed by atoms with Gasteiger partial charge < -0.3 is 15.3 Å².